The van der Waals surface area contributed by atoms with Crippen LogP contribution in [0.4, 0.5) is 11.4 Å². The molecule has 6 amide bonds. The number of hydrogen-bond donors (Lipinski definition) is 6. The fourth-order valence-corrected chi connectivity index (χ4v) is 11.1. The smallest absolute Gasteiger partial charge is 0.246 e. The highest BCUT2D eigenvalue weighted by Crippen LogP contribution is 2.39. The number of nitrogens with zero attached hydrogens (tertiary/aromatic N) is 4. The SMILES string of the molecule is CNC(C)C(=O)NC(C(=O)N1CCCC1C(=O)NC1CCCc2c1cccc2N1CCN(c2cccc3c2CCC[C@H]3NC(=O)C2CCCN2C(=O)C(NC(=O)C(C)NC)C(C)C)CC1)C(C)C. The maximum Gasteiger partial charge on any atom is 0.246 e. The van der Waals surface area contributed by atoms with E-state index < -0.39 is 36.3 Å². The molecule has 2 aromatic rings. The normalized spacial score (nSPS) is 23.3. The van der Waals surface area contributed by atoms with Gasteiger partial charge in [0.1, 0.15) is 24.2 Å². The molecule has 3 aliphatic heterocycles. The number of fused-ring (bicyclic) bond motifs is 2. The molecule has 16 heteroatoms. The Hall–Kier alpha value is -5.22. The van der Waals surface area contributed by atoms with Crippen LogP contribution in [0.1, 0.15) is 127 Å². The van der Waals surface area contributed by atoms with Crippen molar-refractivity contribution < 1.29 is 28.8 Å². The van der Waals surface area contributed by atoms with E-state index in [2.05, 4.69) is 78.1 Å². The van der Waals surface area contributed by atoms with Crippen LogP contribution >= 0.6 is 0 Å². The van der Waals surface area contributed by atoms with Crippen LogP contribution in [0.25, 0.3) is 0 Å². The molecule has 5 aliphatic rings. The zero-order valence-corrected chi connectivity index (χ0v) is 41.8. The van der Waals surface area contributed by atoms with Gasteiger partial charge >= 0.3 is 0 Å². The molecule has 3 fully saturated rings. The Morgan fingerprint density at radius 3 is 1.25 bits per heavy atom. The molecule has 7 unspecified atom stereocenters. The molecule has 0 spiro atoms. The highest BCUT2D eigenvalue weighted by Gasteiger charge is 2.42. The van der Waals surface area contributed by atoms with Crippen molar-refractivity contribution in [3.05, 3.63) is 58.7 Å². The summed E-state index contributed by atoms with van der Waals surface area (Å²) in [4.78, 5) is 89.8. The highest BCUT2D eigenvalue weighted by atomic mass is 16.2. The first kappa shape index (κ1) is 50.7. The van der Waals surface area contributed by atoms with Crippen LogP contribution in [-0.2, 0) is 41.6 Å². The number of hydrogen-bond acceptors (Lipinski definition) is 10. The topological polar surface area (TPSA) is 188 Å². The van der Waals surface area contributed by atoms with Crippen LogP contribution in [-0.4, -0.2) is 135 Å². The van der Waals surface area contributed by atoms with Crippen molar-refractivity contribution in [2.24, 2.45) is 11.8 Å². The largest absolute Gasteiger partial charge is 0.368 e. The van der Waals surface area contributed by atoms with E-state index in [1.165, 1.54) is 22.5 Å². The number of amides is 6. The first-order valence-corrected chi connectivity index (χ1v) is 25.5. The molecule has 0 bridgehead atoms. The van der Waals surface area contributed by atoms with E-state index in [-0.39, 0.29) is 59.4 Å². The van der Waals surface area contributed by atoms with Crippen LogP contribution < -0.4 is 41.7 Å². The summed E-state index contributed by atoms with van der Waals surface area (Å²) >= 11 is 0. The minimum absolute atomic E-state index is 0.133. The van der Waals surface area contributed by atoms with Gasteiger partial charge in [0, 0.05) is 50.6 Å². The van der Waals surface area contributed by atoms with Gasteiger partial charge in [-0.25, -0.2) is 0 Å². The first-order chi connectivity index (χ1) is 32.6. The Bertz CT molecular complexity index is 2010. The lowest BCUT2D eigenvalue weighted by Crippen LogP contribution is -2.57. The molecule has 8 atom stereocenters. The van der Waals surface area contributed by atoms with Gasteiger partial charge in [0.15, 0.2) is 0 Å². The molecular formula is C52H78N10O6. The molecule has 3 heterocycles. The summed E-state index contributed by atoms with van der Waals surface area (Å²) in [7, 11) is 3.42. The summed E-state index contributed by atoms with van der Waals surface area (Å²) in [5.41, 5.74) is 7.30. The molecule has 3 saturated heterocycles. The molecular weight excluding hydrogens is 861 g/mol. The molecule has 0 saturated carbocycles. The lowest BCUT2D eigenvalue weighted by Gasteiger charge is -2.41. The minimum atomic E-state index is -0.713. The number of nitrogens with one attached hydrogen (secondary N) is 6. The third-order valence-corrected chi connectivity index (χ3v) is 15.3. The molecule has 6 N–H and O–H groups in total. The van der Waals surface area contributed by atoms with Crippen LogP contribution in [0.5, 0.6) is 0 Å². The predicted octanol–water partition coefficient (Wildman–Crippen LogP) is 3.48. The molecule has 0 aromatic heterocycles. The quantitative estimate of drug-likeness (QED) is 0.146. The van der Waals surface area contributed by atoms with Gasteiger partial charge in [-0.1, -0.05) is 52.0 Å². The van der Waals surface area contributed by atoms with Gasteiger partial charge in [-0.05, 0) is 138 Å². The average molecular weight is 939 g/mol. The maximum absolute atomic E-state index is 14.1. The third-order valence-electron chi connectivity index (χ3n) is 15.3. The van der Waals surface area contributed by atoms with Gasteiger partial charge in [-0.2, -0.15) is 0 Å². The van der Waals surface area contributed by atoms with Crippen LogP contribution in [0.15, 0.2) is 36.4 Å². The van der Waals surface area contributed by atoms with Gasteiger partial charge in [0.05, 0.1) is 24.2 Å². The number of carbonyl (C=O) groups excluding carboxylic acids is 6. The predicted molar refractivity (Wildman–Crippen MR) is 265 cm³/mol. The molecule has 2 aromatic carbocycles. The summed E-state index contributed by atoms with van der Waals surface area (Å²) in [6, 6.07) is 9.15. The maximum atomic E-state index is 14.1. The van der Waals surface area contributed by atoms with E-state index in [1.807, 2.05) is 27.7 Å². The number of carbonyl (C=O) groups is 6. The van der Waals surface area contributed by atoms with Crippen LogP contribution in [0.3, 0.4) is 0 Å². The molecule has 68 heavy (non-hydrogen) atoms. The standard InChI is InChI=1S/C52H78N10O6/c1-31(2)45(57-47(63)33(5)53-7)51(67)61-25-13-23-43(61)49(65)55-39-19-9-17-37-35(39)15-11-21-41(37)59-27-29-60(30-28-59)42-22-12-16-36-38(42)18-10-20-40(36)56-50(66)44-24-14-26-62(44)52(68)46(32(3)4)58-48(64)34(6)54-8/h11-12,15-16,21-22,31-34,39-40,43-46,53-54H,9-10,13-14,17-20,23-30H2,1-8H3,(H,55,65)(H,56,66)(H,57,63)(H,58,64)/t33?,34?,39-,40?,43?,44?,45?,46?/m1/s1. The van der Waals surface area contributed by atoms with E-state index in [4.69, 9.17) is 0 Å². The molecule has 2 aliphatic carbocycles. The summed E-state index contributed by atoms with van der Waals surface area (Å²) in [5.74, 6) is -1.43. The van der Waals surface area contributed by atoms with Crippen molar-refractivity contribution in [2.45, 2.75) is 154 Å². The van der Waals surface area contributed by atoms with Crippen molar-refractivity contribution in [3.8, 4) is 0 Å². The first-order valence-electron chi connectivity index (χ1n) is 25.5. The van der Waals surface area contributed by atoms with Crippen molar-refractivity contribution in [1.82, 2.24) is 41.7 Å². The minimum Gasteiger partial charge on any atom is -0.368 e. The summed E-state index contributed by atoms with van der Waals surface area (Å²) in [6.45, 7) is 15.5. The van der Waals surface area contributed by atoms with Gasteiger partial charge in [0.25, 0.3) is 0 Å². The zero-order chi connectivity index (χ0) is 48.8. The second-order valence-corrected chi connectivity index (χ2v) is 20.4. The van der Waals surface area contributed by atoms with E-state index in [1.54, 1.807) is 37.7 Å². The zero-order valence-electron chi connectivity index (χ0n) is 41.8. The van der Waals surface area contributed by atoms with Gasteiger partial charge in [0.2, 0.25) is 35.4 Å². The lowest BCUT2D eigenvalue weighted by atomic mass is 9.85. The van der Waals surface area contributed by atoms with E-state index >= 15 is 0 Å². The van der Waals surface area contributed by atoms with Crippen LogP contribution in [0.2, 0.25) is 0 Å². The lowest BCUT2D eigenvalue weighted by molar-refractivity contribution is -0.142. The Morgan fingerprint density at radius 2 is 0.897 bits per heavy atom. The van der Waals surface area contributed by atoms with Gasteiger partial charge in [-0.15, -0.1) is 0 Å². The summed E-state index contributed by atoms with van der Waals surface area (Å²) in [5, 5.41) is 18.5. The van der Waals surface area contributed by atoms with Crippen LogP contribution in [0, 0.1) is 11.8 Å². The number of rotatable bonds is 16. The monoisotopic (exact) mass is 939 g/mol. The van der Waals surface area contributed by atoms with Crippen molar-refractivity contribution >= 4 is 46.8 Å². The third kappa shape index (κ3) is 11.0. The summed E-state index contributed by atoms with van der Waals surface area (Å²) < 4.78 is 0. The second-order valence-electron chi connectivity index (χ2n) is 20.4. The van der Waals surface area contributed by atoms with E-state index in [0.29, 0.717) is 25.9 Å². The Morgan fingerprint density at radius 1 is 0.515 bits per heavy atom. The van der Waals surface area contributed by atoms with Crippen molar-refractivity contribution in [3.63, 3.8) is 0 Å². The van der Waals surface area contributed by atoms with Gasteiger partial charge in [-0.3, -0.25) is 28.8 Å². The fourth-order valence-electron chi connectivity index (χ4n) is 11.1. The Kier molecular flexibility index (Phi) is 16.7. The fraction of sp³-hybridized carbons (Fsp3) is 0.654. The number of piperazine rings is 1. The second kappa shape index (κ2) is 22.5. The molecule has 372 valence electrons. The number of likely N-dealkylation sites (N-methyl/N-ethyl adjacent to an activating group) is 2. The highest BCUT2D eigenvalue weighted by molar-refractivity contribution is 5.95. The van der Waals surface area contributed by atoms with E-state index in [0.717, 1.165) is 88.7 Å². The molecule has 16 nitrogen and oxygen atoms in total. The Labute approximate surface area is 403 Å². The van der Waals surface area contributed by atoms with Crippen molar-refractivity contribution in [2.75, 3.05) is 63.2 Å². The van der Waals surface area contributed by atoms with Gasteiger partial charge < -0.3 is 51.5 Å². The summed E-state index contributed by atoms with van der Waals surface area (Å²) in [6.07, 6.45) is 8.07. The number of benzene rings is 2. The average Bonchev–Trinajstić information content (AvgIpc) is 4.05. The molecule has 7 rings (SSSR count). The number of anilines is 2. The molecule has 0 radical (unpaired) electrons. The van der Waals surface area contributed by atoms with E-state index in [9.17, 15) is 28.8 Å². The Balaban J connectivity index is 0.981. The number of likely N-dealkylation sites (tertiary alicyclic amines) is 2. The van der Waals surface area contributed by atoms with Crippen molar-refractivity contribution in [1.29, 1.82) is 0 Å².